The number of hydrogen-bond acceptors (Lipinski definition) is 3. The number of amides is 1. The van der Waals surface area contributed by atoms with Crippen molar-refractivity contribution in [3.8, 4) is 0 Å². The first-order valence-electron chi connectivity index (χ1n) is 9.81. The van der Waals surface area contributed by atoms with Gasteiger partial charge >= 0.3 is 0 Å². The number of hydrogen-bond donors (Lipinski definition) is 1. The Balaban J connectivity index is 1.85. The molecule has 0 aliphatic carbocycles. The van der Waals surface area contributed by atoms with Gasteiger partial charge in [0.2, 0.25) is 15.9 Å². The molecule has 1 N–H and O–H groups in total. The van der Waals surface area contributed by atoms with E-state index in [-0.39, 0.29) is 24.0 Å². The SMILES string of the molecule is C[C@@H](NC(=O)CN(Cc1ccc(Cl)c(Cl)c1)S(=O)(=O)c1ccc(Br)cc1)c1ccc(Br)cc1. The predicted octanol–water partition coefficient (Wildman–Crippen LogP) is 6.59. The maximum Gasteiger partial charge on any atom is 0.243 e. The fourth-order valence-electron chi connectivity index (χ4n) is 3.11. The molecular formula is C23H20Br2Cl2N2O3S. The molecule has 1 amide bonds. The van der Waals surface area contributed by atoms with Gasteiger partial charge < -0.3 is 5.32 Å². The third kappa shape index (κ3) is 7.04. The Morgan fingerprint density at radius 1 is 0.939 bits per heavy atom. The van der Waals surface area contributed by atoms with E-state index in [2.05, 4.69) is 37.2 Å². The average molecular weight is 635 g/mol. The zero-order chi connectivity index (χ0) is 24.2. The highest BCUT2D eigenvalue weighted by Crippen LogP contribution is 2.26. The lowest BCUT2D eigenvalue weighted by molar-refractivity contribution is -0.122. The second-order valence-corrected chi connectivity index (χ2v) is 11.9. The number of halogens is 4. The van der Waals surface area contributed by atoms with Crippen molar-refractivity contribution in [1.29, 1.82) is 0 Å². The highest BCUT2D eigenvalue weighted by Gasteiger charge is 2.27. The van der Waals surface area contributed by atoms with Crippen molar-refractivity contribution in [2.75, 3.05) is 6.54 Å². The molecule has 0 aliphatic heterocycles. The van der Waals surface area contributed by atoms with Crippen LogP contribution in [-0.4, -0.2) is 25.2 Å². The number of rotatable bonds is 8. The van der Waals surface area contributed by atoms with Crippen LogP contribution in [0.15, 0.2) is 80.6 Å². The number of nitrogens with zero attached hydrogens (tertiary/aromatic N) is 1. The number of benzene rings is 3. The van der Waals surface area contributed by atoms with E-state index in [1.54, 1.807) is 30.3 Å². The molecule has 0 fully saturated rings. The fourth-order valence-corrected chi connectivity index (χ4v) is 5.34. The second-order valence-electron chi connectivity index (χ2n) is 7.32. The van der Waals surface area contributed by atoms with Gasteiger partial charge in [-0.05, 0) is 66.6 Å². The Morgan fingerprint density at radius 2 is 1.52 bits per heavy atom. The van der Waals surface area contributed by atoms with Crippen molar-refractivity contribution >= 4 is 71.0 Å². The van der Waals surface area contributed by atoms with E-state index >= 15 is 0 Å². The molecule has 3 aromatic rings. The van der Waals surface area contributed by atoms with E-state index < -0.39 is 15.9 Å². The van der Waals surface area contributed by atoms with Gasteiger partial charge in [-0.15, -0.1) is 0 Å². The molecule has 33 heavy (non-hydrogen) atoms. The van der Waals surface area contributed by atoms with Gasteiger partial charge in [0, 0.05) is 15.5 Å². The second kappa shape index (κ2) is 11.3. The molecule has 174 valence electrons. The van der Waals surface area contributed by atoms with Crippen LogP contribution < -0.4 is 5.32 Å². The summed E-state index contributed by atoms with van der Waals surface area (Å²) in [6, 6.07) is 18.4. The molecule has 0 spiro atoms. The molecule has 0 saturated heterocycles. The molecule has 0 heterocycles. The molecule has 3 rings (SSSR count). The summed E-state index contributed by atoms with van der Waals surface area (Å²) in [6.45, 7) is 1.43. The van der Waals surface area contributed by atoms with Crippen LogP contribution in [0, 0.1) is 0 Å². The summed E-state index contributed by atoms with van der Waals surface area (Å²) >= 11 is 18.8. The van der Waals surface area contributed by atoms with Gasteiger partial charge in [0.1, 0.15) is 0 Å². The van der Waals surface area contributed by atoms with Gasteiger partial charge in [-0.2, -0.15) is 4.31 Å². The normalized spacial score (nSPS) is 12.5. The van der Waals surface area contributed by atoms with Crippen molar-refractivity contribution in [3.05, 3.63) is 96.8 Å². The zero-order valence-corrected chi connectivity index (χ0v) is 22.9. The van der Waals surface area contributed by atoms with E-state index in [0.29, 0.717) is 15.6 Å². The Labute approximate surface area is 220 Å². The molecule has 0 aliphatic rings. The number of carbonyl (C=O) groups is 1. The van der Waals surface area contributed by atoms with Gasteiger partial charge in [0.15, 0.2) is 0 Å². The van der Waals surface area contributed by atoms with Crippen LogP contribution in [0.25, 0.3) is 0 Å². The van der Waals surface area contributed by atoms with Crippen LogP contribution in [0.4, 0.5) is 0 Å². The number of nitrogens with one attached hydrogen (secondary N) is 1. The third-order valence-electron chi connectivity index (χ3n) is 4.86. The molecule has 3 aromatic carbocycles. The first-order valence-corrected chi connectivity index (χ1v) is 13.6. The maximum absolute atomic E-state index is 13.4. The van der Waals surface area contributed by atoms with Crippen molar-refractivity contribution in [2.24, 2.45) is 0 Å². The summed E-state index contributed by atoms with van der Waals surface area (Å²) in [7, 11) is -3.97. The quantitative estimate of drug-likeness (QED) is 0.304. The lowest BCUT2D eigenvalue weighted by Gasteiger charge is -2.23. The van der Waals surface area contributed by atoms with Crippen molar-refractivity contribution in [3.63, 3.8) is 0 Å². The van der Waals surface area contributed by atoms with E-state index in [9.17, 15) is 13.2 Å². The van der Waals surface area contributed by atoms with E-state index in [1.807, 2.05) is 31.2 Å². The van der Waals surface area contributed by atoms with Crippen LogP contribution in [-0.2, 0) is 21.4 Å². The van der Waals surface area contributed by atoms with Gasteiger partial charge in [0.05, 0.1) is 27.5 Å². The topological polar surface area (TPSA) is 66.5 Å². The summed E-state index contributed by atoms with van der Waals surface area (Å²) in [5.41, 5.74) is 1.51. The van der Waals surface area contributed by atoms with Crippen molar-refractivity contribution < 1.29 is 13.2 Å². The summed E-state index contributed by atoms with van der Waals surface area (Å²) in [5.74, 6) is -0.425. The van der Waals surface area contributed by atoms with E-state index in [4.69, 9.17) is 23.2 Å². The van der Waals surface area contributed by atoms with Crippen LogP contribution in [0.3, 0.4) is 0 Å². The molecule has 0 saturated carbocycles. The highest BCUT2D eigenvalue weighted by atomic mass is 79.9. The summed E-state index contributed by atoms with van der Waals surface area (Å²) in [5, 5.41) is 3.54. The Morgan fingerprint density at radius 3 is 2.09 bits per heavy atom. The molecule has 0 unspecified atom stereocenters. The van der Waals surface area contributed by atoms with Gasteiger partial charge in [0.25, 0.3) is 0 Å². The van der Waals surface area contributed by atoms with Crippen molar-refractivity contribution in [2.45, 2.75) is 24.4 Å². The molecule has 0 radical (unpaired) electrons. The summed E-state index contributed by atoms with van der Waals surface area (Å²) < 4.78 is 29.6. The third-order valence-corrected chi connectivity index (χ3v) is 8.46. The molecule has 0 bridgehead atoms. The first-order chi connectivity index (χ1) is 15.6. The van der Waals surface area contributed by atoms with Gasteiger partial charge in [-0.1, -0.05) is 73.3 Å². The minimum atomic E-state index is -3.97. The summed E-state index contributed by atoms with van der Waals surface area (Å²) in [6.07, 6.45) is 0. The molecule has 1 atom stereocenters. The summed E-state index contributed by atoms with van der Waals surface area (Å²) in [4.78, 5) is 12.9. The Hall–Kier alpha value is -1.42. The van der Waals surface area contributed by atoms with Crippen LogP contribution >= 0.6 is 55.1 Å². The Kier molecular flexibility index (Phi) is 9.00. The van der Waals surface area contributed by atoms with Gasteiger partial charge in [-0.3, -0.25) is 4.79 Å². The van der Waals surface area contributed by atoms with E-state index in [1.165, 1.54) is 12.1 Å². The number of carbonyl (C=O) groups excluding carboxylic acids is 1. The standard InChI is InChI=1S/C23H20Br2Cl2N2O3S/c1-15(17-3-5-18(24)6-4-17)28-23(30)14-29(13-16-2-11-21(26)22(27)12-16)33(31,32)20-9-7-19(25)8-10-20/h2-12,15H,13-14H2,1H3,(H,28,30)/t15-/m1/s1. The average Bonchev–Trinajstić information content (AvgIpc) is 2.76. The smallest absolute Gasteiger partial charge is 0.243 e. The maximum atomic E-state index is 13.4. The largest absolute Gasteiger partial charge is 0.348 e. The fraction of sp³-hybridized carbons (Fsp3) is 0.174. The van der Waals surface area contributed by atoms with Crippen LogP contribution in [0.1, 0.15) is 24.1 Å². The first kappa shape index (κ1) is 26.2. The van der Waals surface area contributed by atoms with Crippen LogP contribution in [0.5, 0.6) is 0 Å². The van der Waals surface area contributed by atoms with Crippen LogP contribution in [0.2, 0.25) is 10.0 Å². The zero-order valence-electron chi connectivity index (χ0n) is 17.4. The highest BCUT2D eigenvalue weighted by molar-refractivity contribution is 9.10. The molecule has 0 aromatic heterocycles. The monoisotopic (exact) mass is 632 g/mol. The molecular weight excluding hydrogens is 615 g/mol. The Bertz CT molecular complexity index is 1240. The molecule has 10 heteroatoms. The lowest BCUT2D eigenvalue weighted by atomic mass is 10.1. The predicted molar refractivity (Wildman–Crippen MR) is 139 cm³/mol. The lowest BCUT2D eigenvalue weighted by Crippen LogP contribution is -2.41. The van der Waals surface area contributed by atoms with Gasteiger partial charge in [-0.25, -0.2) is 8.42 Å². The van der Waals surface area contributed by atoms with Crippen molar-refractivity contribution in [1.82, 2.24) is 9.62 Å². The number of sulfonamides is 1. The van der Waals surface area contributed by atoms with E-state index in [0.717, 1.165) is 18.8 Å². The minimum Gasteiger partial charge on any atom is -0.348 e. The minimum absolute atomic E-state index is 0.0463. The molecule has 5 nitrogen and oxygen atoms in total.